The fraction of sp³-hybridized carbons (Fsp3) is 1.00. The Balaban J connectivity index is 3.54. The summed E-state index contributed by atoms with van der Waals surface area (Å²) in [4.78, 5) is 0. The first kappa shape index (κ1) is 6.75. The van der Waals surface area contributed by atoms with Crippen LogP contribution in [0.3, 0.4) is 0 Å². The Bertz CT molecular complexity index is 55.7. The van der Waals surface area contributed by atoms with Gasteiger partial charge in [-0.05, 0) is 13.8 Å². The van der Waals surface area contributed by atoms with Gasteiger partial charge < -0.3 is 0 Å². The van der Waals surface area contributed by atoms with E-state index in [9.17, 15) is 13.4 Å². The summed E-state index contributed by atoms with van der Waals surface area (Å²) in [5.74, 6) is 0. The number of halogens is 3. The average Bonchev–Trinajstić information content (AvgIpc) is 1.31. The van der Waals surface area contributed by atoms with Crippen molar-refractivity contribution in [1.29, 1.82) is 0 Å². The molecule has 0 unspecified atom stereocenters. The number of hydrogen-bond donors (Lipinski definition) is 0. The molecule has 0 rings (SSSR count). The molecule has 0 fully saturated rings. The van der Waals surface area contributed by atoms with E-state index in [0.29, 0.717) is 0 Å². The first-order valence-electron chi connectivity index (χ1n) is 1.92. The van der Waals surface area contributed by atoms with Crippen LogP contribution in [0.2, 0.25) is 0 Å². The molecule has 0 bridgehead atoms. The van der Waals surface area contributed by atoms with Crippen molar-refractivity contribution in [3.63, 3.8) is 0 Å². The lowest BCUT2D eigenvalue weighted by molar-refractivity contribution is -1.28. The van der Waals surface area contributed by atoms with Crippen molar-refractivity contribution in [3.8, 4) is 0 Å². The van der Waals surface area contributed by atoms with E-state index >= 15 is 0 Å². The number of quaternary nitrogens is 1. The highest BCUT2D eigenvalue weighted by Gasteiger charge is 2.35. The zero-order valence-corrected chi connectivity index (χ0v) is 4.16. The van der Waals surface area contributed by atoms with E-state index in [4.69, 9.17) is 0 Å². The molecule has 0 heterocycles. The van der Waals surface area contributed by atoms with Gasteiger partial charge in [0.15, 0.2) is 0 Å². The maximum atomic E-state index is 11.1. The Labute approximate surface area is 39.7 Å². The van der Waals surface area contributed by atoms with Crippen molar-refractivity contribution in [2.75, 3.05) is 0 Å². The first-order valence-corrected chi connectivity index (χ1v) is 1.92. The van der Waals surface area contributed by atoms with Gasteiger partial charge in [-0.1, -0.05) is 0 Å². The molecule has 0 atom stereocenters. The summed E-state index contributed by atoms with van der Waals surface area (Å²) in [5, 5.41) is -3.44. The zero-order chi connectivity index (χ0) is 6.08. The molecular weight excluding hydrogens is 107 g/mol. The summed E-state index contributed by atoms with van der Waals surface area (Å²) < 4.78 is 33.3. The lowest BCUT2D eigenvalue weighted by Crippen LogP contribution is -2.27. The molecule has 0 saturated heterocycles. The highest BCUT2D eigenvalue weighted by atomic mass is 19.6. The molecule has 0 aromatic rings. The Morgan fingerprint density at radius 1 is 1.14 bits per heavy atom. The largest absolute Gasteiger partial charge is 0.246 e. The molecule has 1 nitrogen and oxygen atoms in total. The molecule has 7 heavy (non-hydrogen) atoms. The standard InChI is InChI=1S/C3H7F3N/c1-3(2)7(4,5)6/h3H,1-2H3/q+1. The van der Waals surface area contributed by atoms with E-state index in [0.717, 1.165) is 13.8 Å². The maximum absolute atomic E-state index is 11.1. The minimum Gasteiger partial charge on any atom is -0.00149 e. The van der Waals surface area contributed by atoms with Crippen LogP contribution in [0.1, 0.15) is 13.8 Å². The fourth-order valence-electron chi connectivity index (χ4n) is 0. The summed E-state index contributed by atoms with van der Waals surface area (Å²) in [6.07, 6.45) is 0. The van der Waals surface area contributed by atoms with Crippen molar-refractivity contribution in [2.45, 2.75) is 19.9 Å². The Morgan fingerprint density at radius 3 is 1.29 bits per heavy atom. The highest BCUT2D eigenvalue weighted by Crippen LogP contribution is 2.15. The lowest BCUT2D eigenvalue weighted by atomic mass is 10.4. The quantitative estimate of drug-likeness (QED) is 0.456. The molecule has 0 saturated carbocycles. The number of nitrogens with zero attached hydrogens (tertiary/aromatic N) is 1. The van der Waals surface area contributed by atoms with Gasteiger partial charge in [-0.2, -0.15) is 0 Å². The van der Waals surface area contributed by atoms with Crippen molar-refractivity contribution < 1.29 is 18.6 Å². The average molecular weight is 114 g/mol. The lowest BCUT2D eigenvalue weighted by Gasteiger charge is -2.01. The summed E-state index contributed by atoms with van der Waals surface area (Å²) in [6.45, 7) is 2.19. The van der Waals surface area contributed by atoms with Gasteiger partial charge in [-0.25, -0.2) is 0 Å². The number of rotatable bonds is 1. The van der Waals surface area contributed by atoms with Gasteiger partial charge in [0.2, 0.25) is 11.2 Å². The molecule has 0 aromatic carbocycles. The third-order valence-electron chi connectivity index (χ3n) is 0.586. The molecular formula is C3H7F3N+. The van der Waals surface area contributed by atoms with Gasteiger partial charge in [0, 0.05) is 0 Å². The van der Waals surface area contributed by atoms with Crippen LogP contribution >= 0.6 is 0 Å². The van der Waals surface area contributed by atoms with E-state index in [1.54, 1.807) is 0 Å². The van der Waals surface area contributed by atoms with Crippen molar-refractivity contribution in [2.24, 2.45) is 0 Å². The second-order valence-electron chi connectivity index (χ2n) is 1.58. The Kier molecular flexibility index (Phi) is 1.63. The maximum Gasteiger partial charge on any atom is 0.246 e. The molecule has 0 aliphatic rings. The van der Waals surface area contributed by atoms with Crippen LogP contribution in [0.5, 0.6) is 0 Å². The SMILES string of the molecule is CC(C)[N+](F)(F)F. The molecule has 0 aliphatic heterocycles. The molecule has 0 N–H and O–H groups in total. The van der Waals surface area contributed by atoms with E-state index in [-0.39, 0.29) is 0 Å². The van der Waals surface area contributed by atoms with Crippen LogP contribution < -0.4 is 0 Å². The highest BCUT2D eigenvalue weighted by molar-refractivity contribution is 4.23. The van der Waals surface area contributed by atoms with E-state index < -0.39 is 11.2 Å². The molecule has 0 amide bonds. The van der Waals surface area contributed by atoms with Crippen molar-refractivity contribution in [3.05, 3.63) is 0 Å². The Morgan fingerprint density at radius 2 is 1.29 bits per heavy atom. The van der Waals surface area contributed by atoms with Gasteiger partial charge in [0.05, 0.1) is 13.4 Å². The van der Waals surface area contributed by atoms with Gasteiger partial charge in [-0.15, -0.1) is 0 Å². The van der Waals surface area contributed by atoms with Gasteiger partial charge in [-0.3, -0.25) is 0 Å². The van der Waals surface area contributed by atoms with Crippen LogP contribution in [-0.2, 0) is 0 Å². The summed E-state index contributed by atoms with van der Waals surface area (Å²) in [5.41, 5.74) is 0. The van der Waals surface area contributed by atoms with E-state index in [2.05, 4.69) is 0 Å². The predicted octanol–water partition coefficient (Wildman–Crippen LogP) is 1.87. The minimum atomic E-state index is -3.44. The molecule has 0 aromatic heterocycles. The zero-order valence-electron chi connectivity index (χ0n) is 4.16. The van der Waals surface area contributed by atoms with Crippen LogP contribution in [0.4, 0.5) is 13.4 Å². The van der Waals surface area contributed by atoms with Crippen molar-refractivity contribution in [1.82, 2.24) is 0 Å². The van der Waals surface area contributed by atoms with Gasteiger partial charge >= 0.3 is 0 Å². The number of hydrogen-bond acceptors (Lipinski definition) is 0. The summed E-state index contributed by atoms with van der Waals surface area (Å²) >= 11 is 0. The molecule has 0 aliphatic carbocycles. The molecule has 44 valence electrons. The molecule has 0 radical (unpaired) electrons. The van der Waals surface area contributed by atoms with Crippen LogP contribution in [0.15, 0.2) is 0 Å². The minimum absolute atomic E-state index is 1.10. The third-order valence-corrected chi connectivity index (χ3v) is 0.586. The van der Waals surface area contributed by atoms with E-state index in [1.807, 2.05) is 0 Å². The molecule has 0 spiro atoms. The van der Waals surface area contributed by atoms with Gasteiger partial charge in [0.1, 0.15) is 0 Å². The van der Waals surface area contributed by atoms with E-state index in [1.165, 1.54) is 0 Å². The first-order chi connectivity index (χ1) is 2.94. The van der Waals surface area contributed by atoms with Gasteiger partial charge in [0.25, 0.3) is 0 Å². The second kappa shape index (κ2) is 1.69. The van der Waals surface area contributed by atoms with Crippen LogP contribution in [0, 0.1) is 0 Å². The summed E-state index contributed by atoms with van der Waals surface area (Å²) in [7, 11) is 0. The second-order valence-corrected chi connectivity index (χ2v) is 1.58. The topological polar surface area (TPSA) is 0 Å². The smallest absolute Gasteiger partial charge is 0.00149 e. The Hall–Kier alpha value is -0.250. The van der Waals surface area contributed by atoms with Crippen molar-refractivity contribution >= 4 is 0 Å². The monoisotopic (exact) mass is 114 g/mol. The predicted molar refractivity (Wildman–Crippen MR) is 18.7 cm³/mol. The third kappa shape index (κ3) is 2.45. The van der Waals surface area contributed by atoms with Crippen LogP contribution in [-0.4, -0.2) is 11.2 Å². The molecule has 4 heteroatoms. The summed E-state index contributed by atoms with van der Waals surface area (Å²) in [6, 6.07) is -1.26. The van der Waals surface area contributed by atoms with Crippen LogP contribution in [0.25, 0.3) is 0 Å². The normalized spacial score (nSPS) is 12.9. The fourth-order valence-corrected chi connectivity index (χ4v) is 0.